The summed E-state index contributed by atoms with van der Waals surface area (Å²) in [5.41, 5.74) is 0. The van der Waals surface area contributed by atoms with E-state index < -0.39 is 5.97 Å². The minimum Gasteiger partial charge on any atom is -0.481 e. The Kier molecular flexibility index (Phi) is 20.0. The number of aliphatic carboxylic acids is 1. The summed E-state index contributed by atoms with van der Waals surface area (Å²) in [7, 11) is 0. The maximum atomic E-state index is 11.3. The average molecular weight is 384 g/mol. The molecule has 26 heavy (non-hydrogen) atoms. The Balaban J connectivity index is 3.41. The van der Waals surface area contributed by atoms with E-state index in [1.807, 2.05) is 0 Å². The number of thiocarbonyl (C=S) groups is 1. The van der Waals surface area contributed by atoms with Crippen molar-refractivity contribution in [1.82, 2.24) is 0 Å². The molecule has 4 heteroatoms. The number of nitrogens with zero attached hydrogens (tertiary/aromatic N) is 1. The first-order valence-corrected chi connectivity index (χ1v) is 11.4. The Morgan fingerprint density at radius 1 is 0.808 bits per heavy atom. The van der Waals surface area contributed by atoms with Gasteiger partial charge in [0.1, 0.15) is 0 Å². The molecule has 1 atom stereocenters. The summed E-state index contributed by atoms with van der Waals surface area (Å²) in [6, 6.07) is 0. The second kappa shape index (κ2) is 20.6. The minimum absolute atomic E-state index is 0.181. The van der Waals surface area contributed by atoms with E-state index in [9.17, 15) is 9.90 Å². The van der Waals surface area contributed by atoms with Crippen molar-refractivity contribution in [2.75, 3.05) is 6.54 Å². The molecule has 1 N–H and O–H groups in total. The van der Waals surface area contributed by atoms with E-state index in [0.717, 1.165) is 32.1 Å². The standard InChI is InChI=1S/C22H41NO2S/c1-2-3-4-5-6-7-8-9-10-11-12-13-14-17-21(22(24)25)18-15-16-19-23-20-26/h21H,2-19H2,1H3,(H,24,25). The third-order valence-electron chi connectivity index (χ3n) is 5.14. The number of rotatable bonds is 20. The first kappa shape index (κ1) is 25.3. The molecule has 0 aromatic heterocycles. The van der Waals surface area contributed by atoms with Gasteiger partial charge < -0.3 is 5.11 Å². The zero-order valence-electron chi connectivity index (χ0n) is 17.0. The Labute approximate surface area is 167 Å². The molecule has 1 unspecified atom stereocenters. The third kappa shape index (κ3) is 18.1. The van der Waals surface area contributed by atoms with Gasteiger partial charge in [0.2, 0.25) is 0 Å². The fourth-order valence-corrected chi connectivity index (χ4v) is 3.52. The molecule has 152 valence electrons. The highest BCUT2D eigenvalue weighted by atomic mass is 32.1. The zero-order chi connectivity index (χ0) is 19.3. The molecule has 0 aromatic rings. The summed E-state index contributed by atoms with van der Waals surface area (Å²) in [6.45, 7) is 2.94. The van der Waals surface area contributed by atoms with Crippen LogP contribution in [0.4, 0.5) is 0 Å². The summed E-state index contributed by atoms with van der Waals surface area (Å²) in [4.78, 5) is 15.2. The molecule has 0 aliphatic heterocycles. The van der Waals surface area contributed by atoms with E-state index in [1.54, 1.807) is 0 Å². The quantitative estimate of drug-likeness (QED) is 0.135. The molecular weight excluding hydrogens is 342 g/mol. The molecule has 0 amide bonds. The van der Waals surface area contributed by atoms with Gasteiger partial charge in [0.05, 0.1) is 11.1 Å². The van der Waals surface area contributed by atoms with Crippen molar-refractivity contribution in [3.8, 4) is 0 Å². The molecule has 3 nitrogen and oxygen atoms in total. The molecule has 0 spiro atoms. The number of isothiocyanates is 1. The second-order valence-electron chi connectivity index (χ2n) is 7.54. The highest BCUT2D eigenvalue weighted by Gasteiger charge is 2.16. The molecule has 0 heterocycles. The molecule has 0 saturated heterocycles. The van der Waals surface area contributed by atoms with Crippen LogP contribution in [0.15, 0.2) is 4.99 Å². The van der Waals surface area contributed by atoms with Crippen molar-refractivity contribution >= 4 is 23.3 Å². The first-order valence-electron chi connectivity index (χ1n) is 11.0. The Morgan fingerprint density at radius 3 is 1.65 bits per heavy atom. The van der Waals surface area contributed by atoms with E-state index in [2.05, 4.69) is 29.3 Å². The fraction of sp³-hybridized carbons (Fsp3) is 0.909. The van der Waals surface area contributed by atoms with Gasteiger partial charge in [-0.05, 0) is 31.5 Å². The number of unbranched alkanes of at least 4 members (excludes halogenated alkanes) is 13. The predicted molar refractivity (Wildman–Crippen MR) is 115 cm³/mol. The van der Waals surface area contributed by atoms with E-state index in [-0.39, 0.29) is 5.92 Å². The van der Waals surface area contributed by atoms with E-state index >= 15 is 0 Å². The summed E-state index contributed by atoms with van der Waals surface area (Å²) in [5.74, 6) is -0.818. The topological polar surface area (TPSA) is 49.7 Å². The van der Waals surface area contributed by atoms with Crippen molar-refractivity contribution in [3.63, 3.8) is 0 Å². The maximum absolute atomic E-state index is 11.3. The lowest BCUT2D eigenvalue weighted by Crippen LogP contribution is -2.13. The molecule has 0 radical (unpaired) electrons. The minimum atomic E-state index is -0.637. The van der Waals surface area contributed by atoms with Crippen LogP contribution in [0.3, 0.4) is 0 Å². The van der Waals surface area contributed by atoms with Crippen LogP contribution in [0.5, 0.6) is 0 Å². The van der Waals surface area contributed by atoms with Crippen molar-refractivity contribution in [2.45, 2.75) is 116 Å². The van der Waals surface area contributed by atoms with Gasteiger partial charge >= 0.3 is 5.97 Å². The highest BCUT2D eigenvalue weighted by Crippen LogP contribution is 2.18. The number of hydrogen-bond acceptors (Lipinski definition) is 3. The molecule has 0 rings (SSSR count). The van der Waals surface area contributed by atoms with Crippen LogP contribution < -0.4 is 0 Å². The van der Waals surface area contributed by atoms with Crippen LogP contribution in [0.25, 0.3) is 0 Å². The molecule has 0 saturated carbocycles. The van der Waals surface area contributed by atoms with Crippen LogP contribution >= 0.6 is 12.2 Å². The molecular formula is C22H41NO2S. The molecule has 0 aromatic carbocycles. The number of aliphatic imine (C=N–C) groups is 1. The van der Waals surface area contributed by atoms with Gasteiger partial charge in [0.15, 0.2) is 0 Å². The normalized spacial score (nSPS) is 11.9. The lowest BCUT2D eigenvalue weighted by atomic mass is 9.95. The lowest BCUT2D eigenvalue weighted by molar-refractivity contribution is -0.142. The van der Waals surface area contributed by atoms with Crippen molar-refractivity contribution in [3.05, 3.63) is 0 Å². The van der Waals surface area contributed by atoms with Crippen LogP contribution in [-0.2, 0) is 4.79 Å². The fourth-order valence-electron chi connectivity index (χ4n) is 3.43. The SMILES string of the molecule is CCCCCCCCCCCCCCCC(CCCCN=C=S)C(=O)O. The van der Waals surface area contributed by atoms with E-state index in [0.29, 0.717) is 6.54 Å². The molecule has 0 aliphatic carbocycles. The first-order chi connectivity index (χ1) is 12.7. The Bertz CT molecular complexity index is 367. The van der Waals surface area contributed by atoms with Gasteiger partial charge in [-0.25, -0.2) is 4.99 Å². The summed E-state index contributed by atoms with van der Waals surface area (Å²) < 4.78 is 0. The number of carboxylic acids is 1. The number of hydrogen-bond donors (Lipinski definition) is 1. The average Bonchev–Trinajstić information content (AvgIpc) is 2.63. The van der Waals surface area contributed by atoms with Crippen LogP contribution in [-0.4, -0.2) is 22.8 Å². The van der Waals surface area contributed by atoms with Gasteiger partial charge in [-0.15, -0.1) is 0 Å². The largest absolute Gasteiger partial charge is 0.481 e. The van der Waals surface area contributed by atoms with Gasteiger partial charge in [-0.1, -0.05) is 96.8 Å². The molecule has 0 fully saturated rings. The van der Waals surface area contributed by atoms with Crippen LogP contribution in [0, 0.1) is 5.92 Å². The number of carboxylic acid groups (broad SMARTS) is 1. The van der Waals surface area contributed by atoms with Gasteiger partial charge in [0.25, 0.3) is 0 Å². The monoisotopic (exact) mass is 383 g/mol. The van der Waals surface area contributed by atoms with Crippen molar-refractivity contribution in [2.24, 2.45) is 10.9 Å². The van der Waals surface area contributed by atoms with Crippen molar-refractivity contribution in [1.29, 1.82) is 0 Å². The summed E-state index contributed by atoms with van der Waals surface area (Å²) >= 11 is 4.52. The highest BCUT2D eigenvalue weighted by molar-refractivity contribution is 7.78. The van der Waals surface area contributed by atoms with Crippen molar-refractivity contribution < 1.29 is 9.90 Å². The Morgan fingerprint density at radius 2 is 1.23 bits per heavy atom. The van der Waals surface area contributed by atoms with Crippen LogP contribution in [0.1, 0.15) is 116 Å². The lowest BCUT2D eigenvalue weighted by Gasteiger charge is -2.11. The molecule has 0 bridgehead atoms. The van der Waals surface area contributed by atoms with Gasteiger partial charge in [0, 0.05) is 6.54 Å². The zero-order valence-corrected chi connectivity index (χ0v) is 17.8. The van der Waals surface area contributed by atoms with Gasteiger partial charge in [-0.3, -0.25) is 4.79 Å². The van der Waals surface area contributed by atoms with E-state index in [4.69, 9.17) is 0 Å². The Hall–Kier alpha value is -0.730. The summed E-state index contributed by atoms with van der Waals surface area (Å²) in [6.07, 6.45) is 20.7. The third-order valence-corrected chi connectivity index (χ3v) is 5.27. The number of carbonyl (C=O) groups is 1. The second-order valence-corrected chi connectivity index (χ2v) is 7.72. The smallest absolute Gasteiger partial charge is 0.306 e. The predicted octanol–water partition coefficient (Wildman–Crippen LogP) is 7.44. The van der Waals surface area contributed by atoms with Gasteiger partial charge in [-0.2, -0.15) is 0 Å². The molecule has 0 aliphatic rings. The van der Waals surface area contributed by atoms with Crippen LogP contribution in [0.2, 0.25) is 0 Å². The maximum Gasteiger partial charge on any atom is 0.306 e. The van der Waals surface area contributed by atoms with E-state index in [1.165, 1.54) is 77.0 Å². The summed E-state index contributed by atoms with van der Waals surface area (Å²) in [5, 5.41) is 11.7.